The molecule has 0 bridgehead atoms. The predicted molar refractivity (Wildman–Crippen MR) is 104 cm³/mol. The Balaban J connectivity index is 1.67. The second-order valence-corrected chi connectivity index (χ2v) is 7.06. The van der Waals surface area contributed by atoms with Gasteiger partial charge in [0.25, 0.3) is 0 Å². The molecule has 4 nitrogen and oxygen atoms in total. The van der Waals surface area contributed by atoms with E-state index in [1.165, 1.54) is 11.8 Å². The standard InChI is InChI=1S/C18H18N2O2S2/c1-2-22-15-10-8-14(9-11-15)20-17(21)16(24-18(20)23)12-19-13-6-4-3-5-7-13/h3-11,16,19H,2,12H2,1H3. The molecule has 3 rings (SSSR count). The van der Waals surface area contributed by atoms with E-state index in [9.17, 15) is 4.79 Å². The maximum Gasteiger partial charge on any atom is 0.247 e. The van der Waals surface area contributed by atoms with Gasteiger partial charge in [0.05, 0.1) is 12.3 Å². The fraction of sp³-hybridized carbons (Fsp3) is 0.222. The van der Waals surface area contributed by atoms with E-state index >= 15 is 0 Å². The Morgan fingerprint density at radius 3 is 2.54 bits per heavy atom. The van der Waals surface area contributed by atoms with Crippen LogP contribution in [0.4, 0.5) is 11.4 Å². The number of carbonyl (C=O) groups is 1. The normalized spacial score (nSPS) is 17.2. The highest BCUT2D eigenvalue weighted by Gasteiger charge is 2.37. The summed E-state index contributed by atoms with van der Waals surface area (Å²) < 4.78 is 6.02. The Hall–Kier alpha value is -2.05. The van der Waals surface area contributed by atoms with E-state index in [4.69, 9.17) is 17.0 Å². The number of thiocarbonyl (C=S) groups is 1. The van der Waals surface area contributed by atoms with Crippen molar-refractivity contribution in [3.63, 3.8) is 0 Å². The minimum atomic E-state index is -0.218. The molecule has 1 unspecified atom stereocenters. The summed E-state index contributed by atoms with van der Waals surface area (Å²) in [7, 11) is 0. The lowest BCUT2D eigenvalue weighted by atomic mass is 10.2. The van der Waals surface area contributed by atoms with E-state index in [1.807, 2.05) is 61.5 Å². The van der Waals surface area contributed by atoms with Crippen molar-refractivity contribution in [1.29, 1.82) is 0 Å². The molecule has 0 saturated carbocycles. The number of ether oxygens (including phenoxy) is 1. The Morgan fingerprint density at radius 1 is 1.17 bits per heavy atom. The molecule has 124 valence electrons. The minimum Gasteiger partial charge on any atom is -0.494 e. The maximum absolute atomic E-state index is 12.7. The van der Waals surface area contributed by atoms with Crippen LogP contribution < -0.4 is 15.0 Å². The van der Waals surface area contributed by atoms with E-state index in [0.29, 0.717) is 17.5 Å². The van der Waals surface area contributed by atoms with Gasteiger partial charge in [0, 0.05) is 12.2 Å². The highest BCUT2D eigenvalue weighted by molar-refractivity contribution is 8.25. The van der Waals surface area contributed by atoms with E-state index in [1.54, 1.807) is 4.90 Å². The minimum absolute atomic E-state index is 0.0117. The first-order chi connectivity index (χ1) is 11.7. The molecule has 0 aliphatic carbocycles. The number of amides is 1. The van der Waals surface area contributed by atoms with Gasteiger partial charge >= 0.3 is 0 Å². The molecular formula is C18H18N2O2S2. The maximum atomic E-state index is 12.7. The van der Waals surface area contributed by atoms with Crippen molar-refractivity contribution in [3.05, 3.63) is 54.6 Å². The average Bonchev–Trinajstić information content (AvgIpc) is 2.89. The van der Waals surface area contributed by atoms with E-state index in [2.05, 4.69) is 5.32 Å². The van der Waals surface area contributed by atoms with Gasteiger partial charge in [0.15, 0.2) is 0 Å². The van der Waals surface area contributed by atoms with Gasteiger partial charge in [0.2, 0.25) is 5.91 Å². The van der Waals surface area contributed by atoms with Crippen molar-refractivity contribution in [2.45, 2.75) is 12.2 Å². The molecule has 1 fully saturated rings. The molecule has 1 amide bonds. The number of anilines is 2. The summed E-state index contributed by atoms with van der Waals surface area (Å²) in [6, 6.07) is 17.3. The second kappa shape index (κ2) is 7.68. The third-order valence-electron chi connectivity index (χ3n) is 3.59. The van der Waals surface area contributed by atoms with Crippen LogP contribution in [0.15, 0.2) is 54.6 Å². The van der Waals surface area contributed by atoms with Crippen molar-refractivity contribution in [2.75, 3.05) is 23.4 Å². The summed E-state index contributed by atoms with van der Waals surface area (Å²) in [5, 5.41) is 3.07. The SMILES string of the molecule is CCOc1ccc(N2C(=O)C(CNc3ccccc3)SC2=S)cc1. The molecule has 1 N–H and O–H groups in total. The fourth-order valence-electron chi connectivity index (χ4n) is 2.45. The van der Waals surface area contributed by atoms with E-state index < -0.39 is 0 Å². The predicted octanol–water partition coefficient (Wildman–Crippen LogP) is 3.93. The quantitative estimate of drug-likeness (QED) is 0.793. The summed E-state index contributed by atoms with van der Waals surface area (Å²) >= 11 is 6.82. The number of rotatable bonds is 6. The molecular weight excluding hydrogens is 340 g/mol. The first-order valence-corrected chi connectivity index (χ1v) is 9.04. The van der Waals surface area contributed by atoms with E-state index in [0.717, 1.165) is 17.1 Å². The zero-order chi connectivity index (χ0) is 16.9. The number of nitrogens with zero attached hydrogens (tertiary/aromatic N) is 1. The largest absolute Gasteiger partial charge is 0.494 e. The third kappa shape index (κ3) is 3.71. The molecule has 6 heteroatoms. The van der Waals surface area contributed by atoms with Gasteiger partial charge in [-0.3, -0.25) is 9.69 Å². The van der Waals surface area contributed by atoms with Crippen LogP contribution in [0, 0.1) is 0 Å². The molecule has 24 heavy (non-hydrogen) atoms. The van der Waals surface area contributed by atoms with Crippen molar-refractivity contribution in [2.24, 2.45) is 0 Å². The second-order valence-electron chi connectivity index (χ2n) is 5.22. The van der Waals surface area contributed by atoms with Crippen LogP contribution in [-0.4, -0.2) is 28.6 Å². The van der Waals surface area contributed by atoms with Crippen LogP contribution in [0.25, 0.3) is 0 Å². The number of nitrogens with one attached hydrogen (secondary N) is 1. The Kier molecular flexibility index (Phi) is 5.37. The Labute approximate surface area is 151 Å². The number of carbonyl (C=O) groups excluding carboxylic acids is 1. The monoisotopic (exact) mass is 358 g/mol. The van der Waals surface area contributed by atoms with Crippen molar-refractivity contribution >= 4 is 45.6 Å². The average molecular weight is 358 g/mol. The highest BCUT2D eigenvalue weighted by atomic mass is 32.2. The Bertz CT molecular complexity index is 720. The van der Waals surface area contributed by atoms with Gasteiger partial charge < -0.3 is 10.1 Å². The molecule has 1 heterocycles. The lowest BCUT2D eigenvalue weighted by molar-refractivity contribution is -0.116. The number of thioether (sulfide) groups is 1. The molecule has 2 aromatic carbocycles. The van der Waals surface area contributed by atoms with Gasteiger partial charge in [-0.15, -0.1) is 0 Å². The first-order valence-electron chi connectivity index (χ1n) is 7.75. The van der Waals surface area contributed by atoms with Crippen LogP contribution in [0.2, 0.25) is 0 Å². The molecule has 0 spiro atoms. The fourth-order valence-corrected chi connectivity index (χ4v) is 3.91. The van der Waals surface area contributed by atoms with E-state index in [-0.39, 0.29) is 11.2 Å². The zero-order valence-corrected chi connectivity index (χ0v) is 14.9. The third-order valence-corrected chi connectivity index (χ3v) is 5.10. The molecule has 1 aliphatic heterocycles. The van der Waals surface area contributed by atoms with Gasteiger partial charge in [-0.2, -0.15) is 0 Å². The number of benzene rings is 2. The molecule has 1 saturated heterocycles. The lowest BCUT2D eigenvalue weighted by Crippen LogP contribution is -2.33. The topological polar surface area (TPSA) is 41.6 Å². The van der Waals surface area contributed by atoms with Crippen molar-refractivity contribution in [1.82, 2.24) is 0 Å². The van der Waals surface area contributed by atoms with Crippen molar-refractivity contribution in [3.8, 4) is 5.75 Å². The first kappa shape index (κ1) is 16.8. The van der Waals surface area contributed by atoms with Crippen LogP contribution in [0.3, 0.4) is 0 Å². The molecule has 1 aliphatic rings. The summed E-state index contributed by atoms with van der Waals surface area (Å²) in [6.07, 6.45) is 0. The summed E-state index contributed by atoms with van der Waals surface area (Å²) in [5.41, 5.74) is 1.78. The van der Waals surface area contributed by atoms with Crippen molar-refractivity contribution < 1.29 is 9.53 Å². The van der Waals surface area contributed by atoms with Gasteiger partial charge in [-0.1, -0.05) is 42.2 Å². The van der Waals surface area contributed by atoms with Crippen LogP contribution >= 0.6 is 24.0 Å². The molecule has 0 radical (unpaired) electrons. The molecule has 0 aromatic heterocycles. The van der Waals surface area contributed by atoms with Gasteiger partial charge in [0.1, 0.15) is 15.3 Å². The summed E-state index contributed by atoms with van der Waals surface area (Å²) in [4.78, 5) is 14.3. The lowest BCUT2D eigenvalue weighted by Gasteiger charge is -2.16. The summed E-state index contributed by atoms with van der Waals surface area (Å²) in [5.74, 6) is 0.798. The number of para-hydroxylation sites is 1. The van der Waals surface area contributed by atoms with Crippen LogP contribution in [-0.2, 0) is 4.79 Å². The smallest absolute Gasteiger partial charge is 0.247 e. The number of hydrogen-bond acceptors (Lipinski definition) is 5. The Morgan fingerprint density at radius 2 is 1.88 bits per heavy atom. The summed E-state index contributed by atoms with van der Waals surface area (Å²) in [6.45, 7) is 3.10. The van der Waals surface area contributed by atoms with Crippen LogP contribution in [0.1, 0.15) is 6.92 Å². The molecule has 1 atom stereocenters. The number of hydrogen-bond donors (Lipinski definition) is 1. The van der Waals surface area contributed by atoms with Gasteiger partial charge in [-0.25, -0.2) is 0 Å². The van der Waals surface area contributed by atoms with Gasteiger partial charge in [-0.05, 0) is 43.3 Å². The highest BCUT2D eigenvalue weighted by Crippen LogP contribution is 2.33. The van der Waals surface area contributed by atoms with Crippen LogP contribution in [0.5, 0.6) is 5.75 Å². The molecule has 2 aromatic rings. The zero-order valence-electron chi connectivity index (χ0n) is 13.3.